The average molecular weight is 336 g/mol. The summed E-state index contributed by atoms with van der Waals surface area (Å²) in [6.45, 7) is 8.19. The maximum atomic E-state index is 4.58. The predicted molar refractivity (Wildman–Crippen MR) is 102 cm³/mol. The van der Waals surface area contributed by atoms with Crippen molar-refractivity contribution in [2.75, 3.05) is 36.5 Å². The van der Waals surface area contributed by atoms with Crippen molar-refractivity contribution in [3.8, 4) is 0 Å². The molecule has 0 radical (unpaired) electrons. The topological polar surface area (TPSA) is 60.1 Å². The fourth-order valence-corrected chi connectivity index (χ4v) is 3.51. The van der Waals surface area contributed by atoms with Crippen LogP contribution in [0.3, 0.4) is 0 Å². The second-order valence-electron chi connectivity index (χ2n) is 6.70. The molecule has 0 unspecified atom stereocenters. The van der Waals surface area contributed by atoms with E-state index >= 15 is 0 Å². The zero-order chi connectivity index (χ0) is 17.2. The van der Waals surface area contributed by atoms with Crippen LogP contribution in [0.1, 0.15) is 12.5 Å². The number of para-hydroxylation sites is 1. The number of nitrogens with one attached hydrogen (secondary N) is 2. The van der Waals surface area contributed by atoms with Gasteiger partial charge in [-0.25, -0.2) is 9.97 Å². The monoisotopic (exact) mass is 336 g/mol. The Morgan fingerprint density at radius 3 is 2.84 bits per heavy atom. The van der Waals surface area contributed by atoms with Crippen molar-refractivity contribution in [3.63, 3.8) is 0 Å². The number of H-pyrrole nitrogens is 1. The van der Waals surface area contributed by atoms with Gasteiger partial charge in [-0.05, 0) is 31.5 Å². The van der Waals surface area contributed by atoms with Crippen LogP contribution in [-0.4, -0.2) is 52.2 Å². The largest absolute Gasteiger partial charge is 0.372 e. The molecule has 25 heavy (non-hydrogen) atoms. The van der Waals surface area contributed by atoms with Gasteiger partial charge in [0.05, 0.1) is 12.1 Å². The molecular formula is C19H24N6. The number of aromatic amines is 1. The number of fused-ring (bicyclic) bond motifs is 1. The van der Waals surface area contributed by atoms with Gasteiger partial charge in [0.25, 0.3) is 0 Å². The lowest BCUT2D eigenvalue weighted by atomic mass is 10.1. The van der Waals surface area contributed by atoms with E-state index in [4.69, 9.17) is 0 Å². The Kier molecular flexibility index (Phi) is 4.28. The molecule has 0 amide bonds. The van der Waals surface area contributed by atoms with Crippen LogP contribution in [0.25, 0.3) is 11.0 Å². The van der Waals surface area contributed by atoms with Crippen LogP contribution in [0.4, 0.5) is 11.5 Å². The molecule has 0 spiro atoms. The molecule has 1 aliphatic heterocycles. The molecule has 0 saturated carbocycles. The lowest BCUT2D eigenvalue weighted by molar-refractivity contribution is 0.202. The average Bonchev–Trinajstić information content (AvgIpc) is 3.03. The Morgan fingerprint density at radius 1 is 1.20 bits per heavy atom. The molecular weight excluding hydrogens is 312 g/mol. The number of nitrogens with zero attached hydrogens (tertiary/aromatic N) is 4. The van der Waals surface area contributed by atoms with E-state index in [0.717, 1.165) is 48.8 Å². The van der Waals surface area contributed by atoms with E-state index in [1.807, 2.05) is 12.3 Å². The minimum atomic E-state index is 0.453. The quantitative estimate of drug-likeness (QED) is 0.767. The van der Waals surface area contributed by atoms with E-state index in [0.29, 0.717) is 6.04 Å². The fourth-order valence-electron chi connectivity index (χ4n) is 3.51. The first-order chi connectivity index (χ1) is 12.2. The van der Waals surface area contributed by atoms with Crippen molar-refractivity contribution in [1.29, 1.82) is 0 Å². The van der Waals surface area contributed by atoms with E-state index < -0.39 is 0 Å². The molecule has 2 aromatic heterocycles. The van der Waals surface area contributed by atoms with Gasteiger partial charge in [0.15, 0.2) is 0 Å². The fraction of sp³-hybridized carbons (Fsp3) is 0.368. The van der Waals surface area contributed by atoms with Gasteiger partial charge in [-0.2, -0.15) is 0 Å². The number of benzene rings is 1. The molecule has 6 nitrogen and oxygen atoms in total. The Balaban J connectivity index is 1.45. The molecule has 4 rings (SSSR count). The van der Waals surface area contributed by atoms with Crippen LogP contribution in [0, 0.1) is 6.92 Å². The summed E-state index contributed by atoms with van der Waals surface area (Å²) in [6.07, 6.45) is 3.66. The highest BCUT2D eigenvalue weighted by molar-refractivity contribution is 5.90. The number of hydrogen-bond donors (Lipinski definition) is 2. The highest BCUT2D eigenvalue weighted by Crippen LogP contribution is 2.27. The lowest BCUT2D eigenvalue weighted by Crippen LogP contribution is -2.53. The molecule has 6 heteroatoms. The van der Waals surface area contributed by atoms with Crippen LogP contribution in [0.2, 0.25) is 0 Å². The minimum absolute atomic E-state index is 0.453. The smallest absolute Gasteiger partial charge is 0.143 e. The molecule has 130 valence electrons. The Hall–Kier alpha value is -2.60. The molecule has 1 saturated heterocycles. The molecule has 1 aliphatic rings. The summed E-state index contributed by atoms with van der Waals surface area (Å²) < 4.78 is 0. The number of rotatable bonds is 4. The van der Waals surface area contributed by atoms with E-state index in [2.05, 4.69) is 68.2 Å². The third-order valence-corrected chi connectivity index (χ3v) is 4.97. The zero-order valence-electron chi connectivity index (χ0n) is 14.7. The minimum Gasteiger partial charge on any atom is -0.372 e. The number of piperazine rings is 1. The van der Waals surface area contributed by atoms with Crippen molar-refractivity contribution in [2.24, 2.45) is 0 Å². The van der Waals surface area contributed by atoms with Crippen molar-refractivity contribution >= 4 is 22.5 Å². The predicted octanol–water partition coefficient (Wildman–Crippen LogP) is 2.85. The zero-order valence-corrected chi connectivity index (χ0v) is 14.7. The van der Waals surface area contributed by atoms with E-state index in [1.165, 1.54) is 5.56 Å². The van der Waals surface area contributed by atoms with Crippen molar-refractivity contribution in [3.05, 3.63) is 48.4 Å². The molecule has 0 aliphatic carbocycles. The summed E-state index contributed by atoms with van der Waals surface area (Å²) in [5.41, 5.74) is 3.28. The van der Waals surface area contributed by atoms with Gasteiger partial charge in [0.2, 0.25) is 0 Å². The van der Waals surface area contributed by atoms with Crippen molar-refractivity contribution in [1.82, 2.24) is 19.9 Å². The highest BCUT2D eigenvalue weighted by Gasteiger charge is 2.26. The van der Waals surface area contributed by atoms with Gasteiger partial charge >= 0.3 is 0 Å². The van der Waals surface area contributed by atoms with Crippen molar-refractivity contribution < 1.29 is 0 Å². The first kappa shape index (κ1) is 15.9. The van der Waals surface area contributed by atoms with Crippen LogP contribution >= 0.6 is 0 Å². The first-order valence-electron chi connectivity index (χ1n) is 8.79. The van der Waals surface area contributed by atoms with Gasteiger partial charge in [-0.3, -0.25) is 4.90 Å². The van der Waals surface area contributed by atoms with E-state index in [9.17, 15) is 0 Å². The maximum absolute atomic E-state index is 4.58. The second-order valence-corrected chi connectivity index (χ2v) is 6.70. The highest BCUT2D eigenvalue weighted by atomic mass is 15.3. The van der Waals surface area contributed by atoms with Gasteiger partial charge in [-0.15, -0.1) is 0 Å². The van der Waals surface area contributed by atoms with Crippen molar-refractivity contribution in [2.45, 2.75) is 19.9 Å². The summed E-state index contributed by atoms with van der Waals surface area (Å²) in [6, 6.07) is 10.8. The summed E-state index contributed by atoms with van der Waals surface area (Å²) in [5.74, 6) is 1.05. The van der Waals surface area contributed by atoms with Gasteiger partial charge in [0, 0.05) is 37.6 Å². The third kappa shape index (κ3) is 3.17. The first-order valence-corrected chi connectivity index (χ1v) is 8.79. The number of anilines is 2. The number of hydrogen-bond acceptors (Lipinski definition) is 5. The Bertz CT molecular complexity index is 844. The number of aromatic nitrogens is 3. The normalized spacial score (nSPS) is 18.6. The summed E-state index contributed by atoms with van der Waals surface area (Å²) in [4.78, 5) is 17.0. The van der Waals surface area contributed by atoms with Gasteiger partial charge < -0.3 is 15.2 Å². The Morgan fingerprint density at radius 2 is 2.04 bits per heavy atom. The Labute approximate surface area is 147 Å². The van der Waals surface area contributed by atoms with Crippen LogP contribution in [-0.2, 0) is 0 Å². The summed E-state index contributed by atoms with van der Waals surface area (Å²) in [5, 5.41) is 4.65. The van der Waals surface area contributed by atoms with Crippen LogP contribution < -0.4 is 10.2 Å². The molecule has 2 N–H and O–H groups in total. The van der Waals surface area contributed by atoms with Crippen LogP contribution in [0.5, 0.6) is 0 Å². The second kappa shape index (κ2) is 6.72. The summed E-state index contributed by atoms with van der Waals surface area (Å²) >= 11 is 0. The lowest BCUT2D eigenvalue weighted by Gasteiger charge is -2.40. The van der Waals surface area contributed by atoms with E-state index in [-0.39, 0.29) is 0 Å². The molecule has 1 atom stereocenters. The molecule has 1 fully saturated rings. The maximum Gasteiger partial charge on any atom is 0.143 e. The summed E-state index contributed by atoms with van der Waals surface area (Å²) in [7, 11) is 0. The SMILES string of the molecule is Cc1c[nH]c2ncnc(N3CCN(CNc4ccccc4)[C@@H](C)C3)c12. The van der Waals surface area contributed by atoms with Crippen LogP contribution in [0.15, 0.2) is 42.9 Å². The van der Waals surface area contributed by atoms with E-state index in [1.54, 1.807) is 6.33 Å². The molecule has 1 aromatic carbocycles. The molecule has 3 aromatic rings. The van der Waals surface area contributed by atoms with Gasteiger partial charge in [-0.1, -0.05) is 18.2 Å². The third-order valence-electron chi connectivity index (χ3n) is 4.97. The standard InChI is InChI=1S/C19H24N6/c1-14-10-20-18-17(14)19(22-12-21-18)24-8-9-25(15(2)11-24)13-23-16-6-4-3-5-7-16/h3-7,10,12,15,23H,8-9,11,13H2,1-2H3,(H,20,21,22)/t15-/m0/s1. The molecule has 3 heterocycles. The number of aryl methyl sites for hydroxylation is 1. The van der Waals surface area contributed by atoms with Gasteiger partial charge in [0.1, 0.15) is 17.8 Å². The molecule has 0 bridgehead atoms.